The average molecular weight is 363 g/mol. The van der Waals surface area contributed by atoms with Gasteiger partial charge < -0.3 is 5.32 Å². The van der Waals surface area contributed by atoms with Crippen LogP contribution in [0, 0.1) is 20.3 Å². The summed E-state index contributed by atoms with van der Waals surface area (Å²) in [6.07, 6.45) is 0. The molecule has 0 atom stereocenters. The molecule has 1 rings (SSSR count). The highest BCUT2D eigenvalue weighted by Crippen LogP contribution is 2.18. The van der Waals surface area contributed by atoms with E-state index in [1.165, 1.54) is 0 Å². The highest BCUT2D eigenvalue weighted by atomic mass is 127. The lowest BCUT2D eigenvalue weighted by molar-refractivity contribution is 0.0943. The third-order valence-electron chi connectivity index (χ3n) is 2.17. The lowest BCUT2D eigenvalue weighted by atomic mass is 9.96. The molecule has 0 heterocycles. The Balaban J connectivity index is 2.78. The Morgan fingerprint density at radius 1 is 1.59 bits per heavy atom. The molecule has 1 N–H and O–H groups in total. The topological polar surface area (TPSA) is 52.9 Å². The maximum Gasteiger partial charge on any atom is 0.252 e. The molecule has 0 radical (unpaired) electrons. The van der Waals surface area contributed by atoms with Crippen molar-refractivity contribution in [2.45, 2.75) is 13.8 Å². The second-order valence-corrected chi connectivity index (χ2v) is 5.90. The number of nitrogens with one attached hydrogen (secondary N) is 1. The molecule has 5 heteroatoms. The molecule has 1 amide bonds. The van der Waals surface area contributed by atoms with Gasteiger partial charge in [-0.25, -0.2) is 0 Å². The van der Waals surface area contributed by atoms with E-state index in [1.54, 1.807) is 32.0 Å². The van der Waals surface area contributed by atoms with Gasteiger partial charge >= 0.3 is 0 Å². The first-order valence-corrected chi connectivity index (χ1v) is 6.46. The quantitative estimate of drug-likeness (QED) is 0.839. The van der Waals surface area contributed by atoms with Gasteiger partial charge in [0.2, 0.25) is 0 Å². The first-order chi connectivity index (χ1) is 7.85. The average Bonchev–Trinajstić information content (AvgIpc) is 2.29. The molecular weight excluding hydrogens is 351 g/mol. The molecule has 0 aliphatic rings. The predicted octanol–water partition coefficient (Wildman–Crippen LogP) is 3.22. The summed E-state index contributed by atoms with van der Waals surface area (Å²) in [5.74, 6) is -0.208. The number of amides is 1. The number of nitrogens with zero attached hydrogens (tertiary/aromatic N) is 1. The fourth-order valence-corrected chi connectivity index (χ4v) is 1.86. The van der Waals surface area contributed by atoms with E-state index < -0.39 is 5.41 Å². The van der Waals surface area contributed by atoms with Crippen molar-refractivity contribution in [3.63, 3.8) is 0 Å². The molecule has 17 heavy (non-hydrogen) atoms. The summed E-state index contributed by atoms with van der Waals surface area (Å²) in [4.78, 5) is 11.9. The zero-order chi connectivity index (χ0) is 13.1. The molecule has 0 aliphatic heterocycles. The molecule has 0 bridgehead atoms. The second kappa shape index (κ2) is 5.69. The molecule has 1 aromatic carbocycles. The molecule has 0 saturated carbocycles. The number of carbonyl (C=O) groups excluding carboxylic acids is 1. The van der Waals surface area contributed by atoms with Crippen LogP contribution < -0.4 is 5.32 Å². The van der Waals surface area contributed by atoms with Crippen LogP contribution in [0.15, 0.2) is 18.2 Å². The normalized spacial score (nSPS) is 10.8. The van der Waals surface area contributed by atoms with E-state index in [1.807, 2.05) is 0 Å². The summed E-state index contributed by atoms with van der Waals surface area (Å²) in [6.45, 7) is 3.86. The second-order valence-electron chi connectivity index (χ2n) is 4.30. The maximum absolute atomic E-state index is 11.9. The number of carbonyl (C=O) groups is 1. The number of hydrogen-bond donors (Lipinski definition) is 1. The van der Waals surface area contributed by atoms with Gasteiger partial charge in [-0.1, -0.05) is 11.6 Å². The van der Waals surface area contributed by atoms with Crippen LogP contribution in [0.1, 0.15) is 24.2 Å². The zero-order valence-electron chi connectivity index (χ0n) is 9.55. The van der Waals surface area contributed by atoms with Gasteiger partial charge in [-0.05, 0) is 54.6 Å². The fourth-order valence-electron chi connectivity index (χ4n) is 1.11. The monoisotopic (exact) mass is 362 g/mol. The zero-order valence-corrected chi connectivity index (χ0v) is 12.5. The van der Waals surface area contributed by atoms with Crippen LogP contribution in [0.4, 0.5) is 0 Å². The van der Waals surface area contributed by atoms with Crippen LogP contribution in [0.25, 0.3) is 0 Å². The van der Waals surface area contributed by atoms with Crippen LogP contribution in [-0.2, 0) is 0 Å². The summed E-state index contributed by atoms with van der Waals surface area (Å²) in [5.41, 5.74) is -0.0357. The van der Waals surface area contributed by atoms with E-state index in [-0.39, 0.29) is 5.91 Å². The molecule has 0 saturated heterocycles. The van der Waals surface area contributed by atoms with Gasteiger partial charge in [-0.3, -0.25) is 4.79 Å². The molecule has 0 fully saturated rings. The van der Waals surface area contributed by atoms with E-state index in [2.05, 4.69) is 34.0 Å². The predicted molar refractivity (Wildman–Crippen MR) is 75.9 cm³/mol. The summed E-state index contributed by atoms with van der Waals surface area (Å²) < 4.78 is 0.833. The van der Waals surface area contributed by atoms with Gasteiger partial charge in [0.05, 0.1) is 17.0 Å². The Morgan fingerprint density at radius 2 is 2.24 bits per heavy atom. The third kappa shape index (κ3) is 4.17. The van der Waals surface area contributed by atoms with Crippen LogP contribution >= 0.6 is 34.2 Å². The van der Waals surface area contributed by atoms with Crippen LogP contribution in [0.5, 0.6) is 0 Å². The minimum atomic E-state index is -0.570. The lowest BCUT2D eigenvalue weighted by Crippen LogP contribution is -2.33. The number of benzene rings is 1. The maximum atomic E-state index is 11.9. The van der Waals surface area contributed by atoms with E-state index in [0.717, 1.165) is 3.57 Å². The van der Waals surface area contributed by atoms with Gasteiger partial charge in [0, 0.05) is 15.1 Å². The Labute approximate surface area is 119 Å². The van der Waals surface area contributed by atoms with Gasteiger partial charge in [0.1, 0.15) is 0 Å². The fraction of sp³-hybridized carbons (Fsp3) is 0.333. The van der Waals surface area contributed by atoms with Crippen molar-refractivity contribution in [1.82, 2.24) is 5.32 Å². The Bertz CT molecular complexity index is 480. The molecule has 0 spiro atoms. The lowest BCUT2D eigenvalue weighted by Gasteiger charge is -2.16. The van der Waals surface area contributed by atoms with E-state index in [4.69, 9.17) is 16.9 Å². The van der Waals surface area contributed by atoms with Crippen molar-refractivity contribution in [2.75, 3.05) is 6.54 Å². The highest BCUT2D eigenvalue weighted by Gasteiger charge is 2.19. The SMILES string of the molecule is CC(C)(C#N)CNC(=O)c1cc(Cl)ccc1I. The molecule has 1 aromatic rings. The summed E-state index contributed by atoms with van der Waals surface area (Å²) in [7, 11) is 0. The van der Waals surface area contributed by atoms with Gasteiger partial charge in [0.15, 0.2) is 0 Å². The first-order valence-electron chi connectivity index (χ1n) is 5.00. The highest BCUT2D eigenvalue weighted by molar-refractivity contribution is 14.1. The molecule has 3 nitrogen and oxygen atoms in total. The smallest absolute Gasteiger partial charge is 0.252 e. The third-order valence-corrected chi connectivity index (χ3v) is 3.34. The van der Waals surface area contributed by atoms with Crippen LogP contribution in [0.3, 0.4) is 0 Å². The van der Waals surface area contributed by atoms with E-state index in [9.17, 15) is 4.79 Å². The first kappa shape index (κ1) is 14.3. The Kier molecular flexibility index (Phi) is 4.78. The standard InChI is InChI=1S/C12H12ClIN2O/c1-12(2,6-15)7-16-11(17)9-5-8(13)3-4-10(9)14/h3-5H,7H2,1-2H3,(H,16,17). The van der Waals surface area contributed by atoms with Crippen molar-refractivity contribution < 1.29 is 4.79 Å². The van der Waals surface area contributed by atoms with Gasteiger partial charge in [-0.2, -0.15) is 5.26 Å². The van der Waals surface area contributed by atoms with Gasteiger partial charge in [-0.15, -0.1) is 0 Å². The van der Waals surface area contributed by atoms with Crippen molar-refractivity contribution in [3.8, 4) is 6.07 Å². The summed E-state index contributed by atoms with van der Waals surface area (Å²) >= 11 is 7.92. The summed E-state index contributed by atoms with van der Waals surface area (Å²) in [6, 6.07) is 7.27. The van der Waals surface area contributed by atoms with Crippen molar-refractivity contribution >= 4 is 40.1 Å². The van der Waals surface area contributed by atoms with Crippen LogP contribution in [0.2, 0.25) is 5.02 Å². The van der Waals surface area contributed by atoms with Crippen molar-refractivity contribution in [3.05, 3.63) is 32.4 Å². The number of halogens is 2. The van der Waals surface area contributed by atoms with E-state index >= 15 is 0 Å². The van der Waals surface area contributed by atoms with Crippen molar-refractivity contribution in [2.24, 2.45) is 5.41 Å². The minimum absolute atomic E-state index is 0.208. The Morgan fingerprint density at radius 3 is 2.82 bits per heavy atom. The largest absolute Gasteiger partial charge is 0.350 e. The molecule has 0 aliphatic carbocycles. The molecule has 90 valence electrons. The molecule has 0 unspecified atom stereocenters. The molecule has 0 aromatic heterocycles. The van der Waals surface area contributed by atoms with Crippen LogP contribution in [-0.4, -0.2) is 12.5 Å². The van der Waals surface area contributed by atoms with Gasteiger partial charge in [0.25, 0.3) is 5.91 Å². The number of hydrogen-bond acceptors (Lipinski definition) is 2. The number of nitriles is 1. The van der Waals surface area contributed by atoms with Crippen molar-refractivity contribution in [1.29, 1.82) is 5.26 Å². The van der Waals surface area contributed by atoms with E-state index in [0.29, 0.717) is 17.1 Å². The number of rotatable bonds is 3. The molecular formula is C12H12ClIN2O. The minimum Gasteiger partial charge on any atom is -0.350 e. The Hall–Kier alpha value is -0.800. The summed E-state index contributed by atoms with van der Waals surface area (Å²) in [5, 5.41) is 12.1.